The molecule has 0 spiro atoms. The number of hydrogen-bond acceptors (Lipinski definition) is 8. The first-order valence-corrected chi connectivity index (χ1v) is 13.5. The van der Waals surface area contributed by atoms with E-state index < -0.39 is 45.6 Å². The van der Waals surface area contributed by atoms with E-state index >= 15 is 0 Å². The topological polar surface area (TPSA) is 158 Å². The summed E-state index contributed by atoms with van der Waals surface area (Å²) in [6.45, 7) is 5.40. The van der Waals surface area contributed by atoms with Gasteiger partial charge in [0.2, 0.25) is 10.0 Å². The Morgan fingerprint density at radius 3 is 2.45 bits per heavy atom. The quantitative estimate of drug-likeness (QED) is 0.242. The molecule has 0 fully saturated rings. The number of benzene rings is 1. The highest BCUT2D eigenvalue weighted by molar-refractivity contribution is 7.89. The van der Waals surface area contributed by atoms with Gasteiger partial charge >= 0.3 is 5.97 Å². The lowest BCUT2D eigenvalue weighted by Gasteiger charge is -2.24. The van der Waals surface area contributed by atoms with Crippen molar-refractivity contribution < 1.29 is 27.5 Å². The van der Waals surface area contributed by atoms with Crippen LogP contribution in [0.4, 0.5) is 0 Å². The van der Waals surface area contributed by atoms with Crippen LogP contribution >= 0.6 is 0 Å². The summed E-state index contributed by atoms with van der Waals surface area (Å²) >= 11 is 0. The minimum Gasteiger partial charge on any atom is -0.492 e. The maximum Gasteiger partial charge on any atom is 0.326 e. The fourth-order valence-electron chi connectivity index (χ4n) is 3.39. The van der Waals surface area contributed by atoms with Gasteiger partial charge in [0, 0.05) is 23.7 Å². The third-order valence-electron chi connectivity index (χ3n) is 5.16. The van der Waals surface area contributed by atoms with Crippen molar-refractivity contribution in [3.63, 3.8) is 0 Å². The van der Waals surface area contributed by atoms with Crippen molar-refractivity contribution >= 4 is 27.4 Å². The number of aromatic nitrogens is 1. The van der Waals surface area contributed by atoms with Crippen molar-refractivity contribution in [3.8, 4) is 5.75 Å². The van der Waals surface area contributed by atoms with Crippen LogP contribution in [-0.4, -0.2) is 56.0 Å². The lowest BCUT2D eigenvalue weighted by molar-refractivity contribution is -0.156. The molecule has 38 heavy (non-hydrogen) atoms. The van der Waals surface area contributed by atoms with E-state index in [1.807, 2.05) is 0 Å². The predicted molar refractivity (Wildman–Crippen MR) is 142 cm³/mol. The number of fused-ring (bicyclic) bond motifs is 1. The Kier molecular flexibility index (Phi) is 9.26. The highest BCUT2D eigenvalue weighted by Crippen LogP contribution is 2.14. The largest absolute Gasteiger partial charge is 0.492 e. The van der Waals surface area contributed by atoms with Crippen LogP contribution < -0.4 is 26.1 Å². The molecule has 4 N–H and O–H groups in total. The normalized spacial score (nSPS) is 12.6. The number of ether oxygens (including phenoxy) is 2. The van der Waals surface area contributed by atoms with Gasteiger partial charge in [0.15, 0.2) is 0 Å². The molecule has 0 saturated carbocycles. The smallest absolute Gasteiger partial charge is 0.326 e. The Hall–Kier alpha value is -3.74. The molecule has 3 aromatic rings. The second kappa shape index (κ2) is 12.2. The van der Waals surface area contributed by atoms with Crippen molar-refractivity contribution in [3.05, 3.63) is 76.7 Å². The lowest BCUT2D eigenvalue weighted by atomic mass is 10.2. The van der Waals surface area contributed by atoms with Crippen molar-refractivity contribution in [1.82, 2.24) is 14.4 Å². The van der Waals surface area contributed by atoms with Crippen molar-refractivity contribution in [2.75, 3.05) is 19.7 Å². The molecule has 0 saturated heterocycles. The average molecular weight is 545 g/mol. The van der Waals surface area contributed by atoms with Crippen LogP contribution in [0.2, 0.25) is 0 Å². The highest BCUT2D eigenvalue weighted by Gasteiger charge is 2.30. The Balaban J connectivity index is 1.79. The van der Waals surface area contributed by atoms with Gasteiger partial charge in [-0.1, -0.05) is 18.2 Å². The standard InChI is InChI=1S/C26H32N4O7S/c1-26(2,3)37-25(33)22(29-38(34,35)21-8-5-4-6-9-21)16-28-24(32)18-14-19-10-11-20(36-13-7-12-27)17-30(19)23(31)15-18/h4-6,8-11,14-15,17,22,29H,7,12-13,16,27H2,1-3H3,(H,28,32)/t22-/m0/s1. The van der Waals surface area contributed by atoms with Gasteiger partial charge < -0.3 is 20.5 Å². The number of esters is 1. The first-order chi connectivity index (χ1) is 17.9. The molecule has 0 unspecified atom stereocenters. The van der Waals surface area contributed by atoms with E-state index in [0.29, 0.717) is 30.8 Å². The number of nitrogens with zero attached hydrogens (tertiary/aromatic N) is 1. The van der Waals surface area contributed by atoms with Crippen LogP contribution in [-0.2, 0) is 19.6 Å². The molecule has 204 valence electrons. The van der Waals surface area contributed by atoms with Gasteiger partial charge in [0.25, 0.3) is 11.5 Å². The zero-order chi connectivity index (χ0) is 27.9. The van der Waals surface area contributed by atoms with E-state index in [2.05, 4.69) is 10.0 Å². The van der Waals surface area contributed by atoms with Crippen molar-refractivity contribution in [2.24, 2.45) is 5.73 Å². The molecular formula is C26H32N4O7S. The number of amides is 1. The maximum absolute atomic E-state index is 12.9. The SMILES string of the molecule is CC(C)(C)OC(=O)[C@H](CNC(=O)c1cc(=O)n2cc(OCCCN)ccc2c1)NS(=O)(=O)c1ccccc1. The first kappa shape index (κ1) is 28.8. The number of hydrogen-bond donors (Lipinski definition) is 3. The Morgan fingerprint density at radius 1 is 1.08 bits per heavy atom. The summed E-state index contributed by atoms with van der Waals surface area (Å²) in [6.07, 6.45) is 2.19. The van der Waals surface area contributed by atoms with Gasteiger partial charge in [0.1, 0.15) is 17.4 Å². The van der Waals surface area contributed by atoms with Gasteiger partial charge in [-0.3, -0.25) is 18.8 Å². The van der Waals surface area contributed by atoms with E-state index in [-0.39, 0.29) is 10.5 Å². The summed E-state index contributed by atoms with van der Waals surface area (Å²) in [7, 11) is -4.10. The third kappa shape index (κ3) is 7.88. The second-order valence-electron chi connectivity index (χ2n) is 9.46. The van der Waals surface area contributed by atoms with Crippen LogP contribution in [0.25, 0.3) is 5.52 Å². The van der Waals surface area contributed by atoms with E-state index in [9.17, 15) is 22.8 Å². The molecule has 1 aromatic carbocycles. The summed E-state index contributed by atoms with van der Waals surface area (Å²) in [5, 5.41) is 2.53. The van der Waals surface area contributed by atoms with E-state index in [4.69, 9.17) is 15.2 Å². The fourth-order valence-corrected chi connectivity index (χ4v) is 4.60. The van der Waals surface area contributed by atoms with Gasteiger partial charge in [-0.15, -0.1) is 0 Å². The van der Waals surface area contributed by atoms with Crippen LogP contribution in [0.1, 0.15) is 37.6 Å². The van der Waals surface area contributed by atoms with E-state index in [0.717, 1.165) is 6.07 Å². The zero-order valence-electron chi connectivity index (χ0n) is 21.5. The fraction of sp³-hybridized carbons (Fsp3) is 0.346. The molecule has 2 heterocycles. The molecule has 3 rings (SSSR count). The molecule has 1 amide bonds. The summed E-state index contributed by atoms with van der Waals surface area (Å²) in [5.74, 6) is -1.05. The van der Waals surface area contributed by atoms with Crippen LogP contribution in [0.5, 0.6) is 5.75 Å². The molecule has 0 radical (unpaired) electrons. The maximum atomic E-state index is 12.9. The highest BCUT2D eigenvalue weighted by atomic mass is 32.2. The van der Waals surface area contributed by atoms with E-state index in [1.54, 1.807) is 51.1 Å². The van der Waals surface area contributed by atoms with Gasteiger partial charge in [0.05, 0.1) is 17.7 Å². The number of carbonyl (C=O) groups is 2. The van der Waals surface area contributed by atoms with E-state index in [1.165, 1.54) is 28.8 Å². The number of carbonyl (C=O) groups excluding carboxylic acids is 2. The number of sulfonamides is 1. The molecule has 0 bridgehead atoms. The number of nitrogens with one attached hydrogen (secondary N) is 2. The molecule has 0 aliphatic rings. The minimum absolute atomic E-state index is 0.0423. The first-order valence-electron chi connectivity index (χ1n) is 12.0. The summed E-state index contributed by atoms with van der Waals surface area (Å²) in [5.41, 5.74) is 4.59. The lowest BCUT2D eigenvalue weighted by Crippen LogP contribution is -2.50. The summed E-state index contributed by atoms with van der Waals surface area (Å²) in [6, 6.07) is 12.0. The van der Waals surface area contributed by atoms with Crippen LogP contribution in [0, 0.1) is 0 Å². The average Bonchev–Trinajstić information content (AvgIpc) is 2.86. The monoisotopic (exact) mass is 544 g/mol. The Bertz CT molecular complexity index is 1450. The molecule has 0 aliphatic heterocycles. The number of nitrogens with two attached hydrogens (primary N) is 1. The van der Waals surface area contributed by atoms with Crippen molar-refractivity contribution in [1.29, 1.82) is 0 Å². The summed E-state index contributed by atoms with van der Waals surface area (Å²) < 4.78 is 40.2. The molecular weight excluding hydrogens is 512 g/mol. The Labute approximate surface area is 221 Å². The second-order valence-corrected chi connectivity index (χ2v) is 11.2. The van der Waals surface area contributed by atoms with Crippen LogP contribution in [0.3, 0.4) is 0 Å². The molecule has 0 aliphatic carbocycles. The predicted octanol–water partition coefficient (Wildman–Crippen LogP) is 1.45. The third-order valence-corrected chi connectivity index (χ3v) is 6.65. The van der Waals surface area contributed by atoms with Gasteiger partial charge in [-0.2, -0.15) is 4.72 Å². The number of pyridine rings is 2. The molecule has 2 aromatic heterocycles. The van der Waals surface area contributed by atoms with Gasteiger partial charge in [-0.05, 0) is 64.1 Å². The molecule has 12 heteroatoms. The molecule has 11 nitrogen and oxygen atoms in total. The van der Waals surface area contributed by atoms with Crippen molar-refractivity contribution in [2.45, 2.75) is 43.7 Å². The minimum atomic E-state index is -4.10. The summed E-state index contributed by atoms with van der Waals surface area (Å²) in [4.78, 5) is 38.3. The Morgan fingerprint density at radius 2 is 1.79 bits per heavy atom. The zero-order valence-corrected chi connectivity index (χ0v) is 22.3. The molecule has 1 atom stereocenters. The number of rotatable bonds is 11. The van der Waals surface area contributed by atoms with Gasteiger partial charge in [-0.25, -0.2) is 8.42 Å². The van der Waals surface area contributed by atoms with Crippen LogP contribution in [0.15, 0.2) is 70.5 Å².